The molecule has 140 valence electrons. The molecule has 0 saturated carbocycles. The zero-order chi connectivity index (χ0) is 19.0. The Morgan fingerprint density at radius 1 is 1.26 bits per heavy atom. The highest BCUT2D eigenvalue weighted by Crippen LogP contribution is 2.33. The molecule has 4 rings (SSSR count). The van der Waals surface area contributed by atoms with Gasteiger partial charge in [-0.2, -0.15) is 0 Å². The van der Waals surface area contributed by atoms with Crippen LogP contribution in [-0.4, -0.2) is 40.8 Å². The van der Waals surface area contributed by atoms with Gasteiger partial charge in [0.15, 0.2) is 0 Å². The van der Waals surface area contributed by atoms with Gasteiger partial charge < -0.3 is 9.80 Å². The number of thiophene rings is 1. The van der Waals surface area contributed by atoms with Crippen molar-refractivity contribution in [3.8, 4) is 0 Å². The van der Waals surface area contributed by atoms with E-state index in [-0.39, 0.29) is 17.5 Å². The highest BCUT2D eigenvalue weighted by molar-refractivity contribution is 7.10. The lowest BCUT2D eigenvalue weighted by Crippen LogP contribution is -2.47. The minimum absolute atomic E-state index is 0.0227. The van der Waals surface area contributed by atoms with E-state index in [1.54, 1.807) is 15.9 Å². The average Bonchev–Trinajstić information content (AvgIpc) is 3.40. The molecule has 1 fully saturated rings. The van der Waals surface area contributed by atoms with Gasteiger partial charge in [-0.05, 0) is 36.3 Å². The van der Waals surface area contributed by atoms with Gasteiger partial charge >= 0.3 is 0 Å². The summed E-state index contributed by atoms with van der Waals surface area (Å²) in [4.78, 5) is 40.8. The Kier molecular flexibility index (Phi) is 4.65. The summed E-state index contributed by atoms with van der Waals surface area (Å²) in [5.41, 5.74) is 1.51. The summed E-state index contributed by atoms with van der Waals surface area (Å²) in [6.07, 6.45) is 2.41. The molecule has 0 spiro atoms. The van der Waals surface area contributed by atoms with E-state index >= 15 is 0 Å². The van der Waals surface area contributed by atoms with Crippen LogP contribution in [0.25, 0.3) is 0 Å². The Balaban J connectivity index is 1.54. The molecule has 7 nitrogen and oxygen atoms in total. The summed E-state index contributed by atoms with van der Waals surface area (Å²) < 4.78 is 0. The van der Waals surface area contributed by atoms with Crippen LogP contribution in [0.3, 0.4) is 0 Å². The number of likely N-dealkylation sites (tertiary alicyclic amines) is 1. The average molecular weight is 385 g/mol. The molecule has 2 aliphatic heterocycles. The molecule has 1 saturated heterocycles. The number of amides is 2. The fraction of sp³-hybridized carbons (Fsp3) is 0.368. The van der Waals surface area contributed by atoms with Crippen LogP contribution >= 0.6 is 11.3 Å². The van der Waals surface area contributed by atoms with Gasteiger partial charge in [-0.1, -0.05) is 12.1 Å². The molecule has 8 heteroatoms. The van der Waals surface area contributed by atoms with Crippen molar-refractivity contribution < 1.29 is 14.5 Å². The van der Waals surface area contributed by atoms with E-state index in [4.69, 9.17) is 0 Å². The lowest BCUT2D eigenvalue weighted by molar-refractivity contribution is -0.384. The molecule has 1 atom stereocenters. The third-order valence-corrected chi connectivity index (χ3v) is 6.08. The number of benzene rings is 1. The van der Waals surface area contributed by atoms with Crippen molar-refractivity contribution in [3.05, 3.63) is 56.3 Å². The molecule has 2 aliphatic rings. The fourth-order valence-electron chi connectivity index (χ4n) is 3.88. The molecule has 3 heterocycles. The number of non-ortho nitro benzene ring substituents is 1. The van der Waals surface area contributed by atoms with E-state index in [9.17, 15) is 19.7 Å². The van der Waals surface area contributed by atoms with Crippen LogP contribution in [0.4, 0.5) is 11.4 Å². The molecule has 1 aromatic heterocycles. The van der Waals surface area contributed by atoms with Crippen molar-refractivity contribution in [1.29, 1.82) is 0 Å². The first-order valence-electron chi connectivity index (χ1n) is 8.95. The van der Waals surface area contributed by atoms with Crippen LogP contribution in [0.1, 0.15) is 23.3 Å². The fourth-order valence-corrected chi connectivity index (χ4v) is 4.57. The van der Waals surface area contributed by atoms with Gasteiger partial charge in [-0.3, -0.25) is 19.7 Å². The maximum atomic E-state index is 13.2. The van der Waals surface area contributed by atoms with Crippen LogP contribution in [0.5, 0.6) is 0 Å². The van der Waals surface area contributed by atoms with Crippen molar-refractivity contribution in [2.75, 3.05) is 18.0 Å². The molecular formula is C19H19N3O4S. The molecule has 1 aromatic carbocycles. The second-order valence-corrected chi connectivity index (χ2v) is 7.84. The van der Waals surface area contributed by atoms with Gasteiger partial charge in [0.2, 0.25) is 11.8 Å². The standard InChI is InChI=1S/C19H19N3O4S/c23-18(12-15-3-2-10-27-15)20-8-1-4-16(20)19(24)21-9-7-13-5-6-14(22(25)26)11-17(13)21/h2-3,5-6,10-11,16H,1,4,7-9,12H2. The Bertz CT molecular complexity index is 896. The lowest BCUT2D eigenvalue weighted by atomic mass is 10.1. The zero-order valence-electron chi connectivity index (χ0n) is 14.7. The van der Waals surface area contributed by atoms with Crippen molar-refractivity contribution in [3.63, 3.8) is 0 Å². The third kappa shape index (κ3) is 3.32. The van der Waals surface area contributed by atoms with Gasteiger partial charge in [-0.25, -0.2) is 0 Å². The molecule has 1 unspecified atom stereocenters. The topological polar surface area (TPSA) is 83.8 Å². The molecule has 0 aliphatic carbocycles. The first-order valence-corrected chi connectivity index (χ1v) is 9.83. The van der Waals surface area contributed by atoms with E-state index in [0.29, 0.717) is 38.0 Å². The Morgan fingerprint density at radius 3 is 2.85 bits per heavy atom. The van der Waals surface area contributed by atoms with Crippen molar-refractivity contribution in [2.45, 2.75) is 31.7 Å². The zero-order valence-corrected chi connectivity index (χ0v) is 15.5. The highest BCUT2D eigenvalue weighted by Gasteiger charge is 2.39. The van der Waals surface area contributed by atoms with E-state index in [2.05, 4.69) is 0 Å². The van der Waals surface area contributed by atoms with Crippen molar-refractivity contribution in [1.82, 2.24) is 4.90 Å². The quantitative estimate of drug-likeness (QED) is 0.598. The maximum Gasteiger partial charge on any atom is 0.271 e. The number of carbonyl (C=O) groups excluding carboxylic acids is 2. The number of nitrogens with zero attached hydrogens (tertiary/aromatic N) is 3. The van der Waals surface area contributed by atoms with Gasteiger partial charge in [-0.15, -0.1) is 11.3 Å². The smallest absolute Gasteiger partial charge is 0.271 e. The lowest BCUT2D eigenvalue weighted by Gasteiger charge is -2.28. The molecule has 2 amide bonds. The summed E-state index contributed by atoms with van der Waals surface area (Å²) in [6, 6.07) is 8.00. The van der Waals surface area contributed by atoms with Crippen LogP contribution < -0.4 is 4.90 Å². The number of rotatable bonds is 4. The predicted molar refractivity (Wildman–Crippen MR) is 102 cm³/mol. The monoisotopic (exact) mass is 385 g/mol. The molecule has 0 bridgehead atoms. The first kappa shape index (κ1) is 17.7. The third-order valence-electron chi connectivity index (χ3n) is 5.21. The summed E-state index contributed by atoms with van der Waals surface area (Å²) in [6.45, 7) is 1.08. The highest BCUT2D eigenvalue weighted by atomic mass is 32.1. The minimum atomic E-state index is -0.484. The molecule has 27 heavy (non-hydrogen) atoms. The van der Waals surface area contributed by atoms with Crippen LogP contribution in [0.2, 0.25) is 0 Å². The van der Waals surface area contributed by atoms with E-state index in [1.807, 2.05) is 17.5 Å². The number of anilines is 1. The van der Waals surface area contributed by atoms with E-state index < -0.39 is 11.0 Å². The number of hydrogen-bond acceptors (Lipinski definition) is 5. The molecule has 2 aromatic rings. The Morgan fingerprint density at radius 2 is 2.11 bits per heavy atom. The van der Waals surface area contributed by atoms with Gasteiger partial charge in [0.25, 0.3) is 5.69 Å². The van der Waals surface area contributed by atoms with Crippen molar-refractivity contribution >= 4 is 34.5 Å². The van der Waals surface area contributed by atoms with E-state index in [1.165, 1.54) is 23.5 Å². The number of fused-ring (bicyclic) bond motifs is 1. The minimum Gasteiger partial charge on any atom is -0.330 e. The van der Waals surface area contributed by atoms with Gasteiger partial charge in [0, 0.05) is 30.1 Å². The van der Waals surface area contributed by atoms with Gasteiger partial charge in [0.05, 0.1) is 17.0 Å². The maximum absolute atomic E-state index is 13.2. The van der Waals surface area contributed by atoms with Crippen LogP contribution in [0.15, 0.2) is 35.7 Å². The SMILES string of the molecule is O=C(C1CCCN1C(=O)Cc1cccs1)N1CCc2ccc([N+](=O)[O-])cc21. The van der Waals surface area contributed by atoms with E-state index in [0.717, 1.165) is 16.9 Å². The summed E-state index contributed by atoms with van der Waals surface area (Å²) in [5.74, 6) is -0.168. The summed E-state index contributed by atoms with van der Waals surface area (Å²) >= 11 is 1.53. The Hall–Kier alpha value is -2.74. The number of nitro groups is 1. The number of carbonyl (C=O) groups is 2. The van der Waals surface area contributed by atoms with Crippen LogP contribution in [-0.2, 0) is 22.4 Å². The van der Waals surface area contributed by atoms with Gasteiger partial charge in [0.1, 0.15) is 6.04 Å². The largest absolute Gasteiger partial charge is 0.330 e. The molecular weight excluding hydrogens is 366 g/mol. The number of hydrogen-bond donors (Lipinski definition) is 0. The normalized spacial score (nSPS) is 18.6. The van der Waals surface area contributed by atoms with Crippen LogP contribution in [0, 0.1) is 10.1 Å². The van der Waals surface area contributed by atoms with Crippen molar-refractivity contribution in [2.24, 2.45) is 0 Å². The predicted octanol–water partition coefficient (Wildman–Crippen LogP) is 2.78. The summed E-state index contributed by atoms with van der Waals surface area (Å²) in [7, 11) is 0. The number of nitro benzene ring substituents is 1. The summed E-state index contributed by atoms with van der Waals surface area (Å²) in [5, 5.41) is 13.0. The molecule has 0 radical (unpaired) electrons. The second kappa shape index (κ2) is 7.11. The first-order chi connectivity index (χ1) is 13.0. The Labute approximate surface area is 160 Å². The second-order valence-electron chi connectivity index (χ2n) is 6.81. The molecule has 0 N–H and O–H groups in total.